The molecule has 0 bridgehead atoms. The Balaban J connectivity index is 2.00. The Labute approximate surface area is 151 Å². The number of benzene rings is 2. The predicted molar refractivity (Wildman–Crippen MR) is 99.7 cm³/mol. The molecule has 1 aliphatic heterocycles. The van der Waals surface area contributed by atoms with Crippen molar-refractivity contribution in [1.29, 1.82) is 0 Å². The SMILES string of the molecule is Cc1ccc2c(-c3ccc(F)cc3)c(C3CCOCC3)nc(Cl)c2c1. The van der Waals surface area contributed by atoms with Gasteiger partial charge in [-0.05, 0) is 48.9 Å². The fraction of sp³-hybridized carbons (Fsp3) is 0.286. The molecule has 2 nitrogen and oxygen atoms in total. The zero-order valence-electron chi connectivity index (χ0n) is 14.1. The summed E-state index contributed by atoms with van der Waals surface area (Å²) in [6.07, 6.45) is 1.85. The lowest BCUT2D eigenvalue weighted by atomic mass is 9.87. The molecule has 4 heteroatoms. The first-order chi connectivity index (χ1) is 12.1. The molecule has 1 aromatic heterocycles. The average molecular weight is 356 g/mol. The quantitative estimate of drug-likeness (QED) is 0.534. The van der Waals surface area contributed by atoms with Crippen LogP contribution >= 0.6 is 11.6 Å². The summed E-state index contributed by atoms with van der Waals surface area (Å²) in [4.78, 5) is 4.78. The second-order valence-electron chi connectivity index (χ2n) is 6.61. The van der Waals surface area contributed by atoms with E-state index < -0.39 is 0 Å². The fourth-order valence-corrected chi connectivity index (χ4v) is 3.84. The van der Waals surface area contributed by atoms with Gasteiger partial charge in [-0.1, -0.05) is 41.4 Å². The summed E-state index contributed by atoms with van der Waals surface area (Å²) in [7, 11) is 0. The van der Waals surface area contributed by atoms with Crippen molar-refractivity contribution in [2.45, 2.75) is 25.7 Å². The van der Waals surface area contributed by atoms with Gasteiger partial charge < -0.3 is 4.74 Å². The maximum Gasteiger partial charge on any atom is 0.137 e. The molecule has 0 N–H and O–H groups in total. The maximum absolute atomic E-state index is 13.4. The second kappa shape index (κ2) is 6.74. The van der Waals surface area contributed by atoms with E-state index >= 15 is 0 Å². The van der Waals surface area contributed by atoms with E-state index in [0.717, 1.165) is 59.2 Å². The van der Waals surface area contributed by atoms with Gasteiger partial charge in [-0.15, -0.1) is 0 Å². The molecule has 1 aliphatic rings. The number of hydrogen-bond donors (Lipinski definition) is 0. The zero-order chi connectivity index (χ0) is 17.4. The highest BCUT2D eigenvalue weighted by atomic mass is 35.5. The van der Waals surface area contributed by atoms with E-state index in [2.05, 4.69) is 18.2 Å². The topological polar surface area (TPSA) is 22.1 Å². The van der Waals surface area contributed by atoms with Gasteiger partial charge in [0.05, 0.1) is 5.69 Å². The van der Waals surface area contributed by atoms with Crippen molar-refractivity contribution < 1.29 is 9.13 Å². The Bertz CT molecular complexity index is 917. The van der Waals surface area contributed by atoms with Crippen molar-refractivity contribution in [1.82, 2.24) is 4.98 Å². The van der Waals surface area contributed by atoms with Gasteiger partial charge >= 0.3 is 0 Å². The molecule has 4 rings (SSSR count). The molecule has 0 aliphatic carbocycles. The molecule has 1 saturated heterocycles. The number of nitrogens with zero attached hydrogens (tertiary/aromatic N) is 1. The van der Waals surface area contributed by atoms with Crippen LogP contribution in [0.5, 0.6) is 0 Å². The molecular weight excluding hydrogens is 337 g/mol. The van der Waals surface area contributed by atoms with Crippen LogP contribution in [0, 0.1) is 12.7 Å². The van der Waals surface area contributed by atoms with Gasteiger partial charge in [-0.25, -0.2) is 9.37 Å². The first kappa shape index (κ1) is 16.5. The summed E-state index contributed by atoms with van der Waals surface area (Å²) in [5.74, 6) is 0.0652. The summed E-state index contributed by atoms with van der Waals surface area (Å²) < 4.78 is 18.9. The Morgan fingerprint density at radius 2 is 1.76 bits per heavy atom. The molecule has 0 spiro atoms. The van der Waals surface area contributed by atoms with Crippen LogP contribution in [0.25, 0.3) is 21.9 Å². The minimum Gasteiger partial charge on any atom is -0.381 e. The van der Waals surface area contributed by atoms with Gasteiger partial charge in [0.15, 0.2) is 0 Å². The minimum atomic E-state index is -0.238. The third kappa shape index (κ3) is 3.14. The molecule has 0 unspecified atom stereocenters. The first-order valence-corrected chi connectivity index (χ1v) is 8.95. The first-order valence-electron chi connectivity index (χ1n) is 8.57. The van der Waals surface area contributed by atoms with Crippen molar-refractivity contribution >= 4 is 22.4 Å². The molecule has 0 atom stereocenters. The van der Waals surface area contributed by atoms with Crippen LogP contribution in [-0.4, -0.2) is 18.2 Å². The summed E-state index contributed by atoms with van der Waals surface area (Å²) in [5.41, 5.74) is 4.17. The Kier molecular flexibility index (Phi) is 4.45. The summed E-state index contributed by atoms with van der Waals surface area (Å²) >= 11 is 6.54. The number of aryl methyl sites for hydroxylation is 1. The molecule has 3 aromatic rings. The standard InChI is InChI=1S/C21H19ClFNO/c1-13-2-7-17-18(12-13)21(22)24-20(15-8-10-25-11-9-15)19(17)14-3-5-16(23)6-4-14/h2-7,12,15H,8-11H2,1H3. The number of hydrogen-bond acceptors (Lipinski definition) is 2. The van der Waals surface area contributed by atoms with Crippen molar-refractivity contribution in [2.75, 3.05) is 13.2 Å². The summed E-state index contributed by atoms with van der Waals surface area (Å²) in [5, 5.41) is 2.54. The molecule has 128 valence electrons. The van der Waals surface area contributed by atoms with E-state index in [1.807, 2.05) is 19.1 Å². The van der Waals surface area contributed by atoms with Crippen molar-refractivity contribution in [3.63, 3.8) is 0 Å². The van der Waals surface area contributed by atoms with E-state index in [1.165, 1.54) is 12.1 Å². The average Bonchev–Trinajstić information content (AvgIpc) is 2.64. The summed E-state index contributed by atoms with van der Waals surface area (Å²) in [6.45, 7) is 3.51. The maximum atomic E-state index is 13.4. The number of aromatic nitrogens is 1. The van der Waals surface area contributed by atoms with E-state index in [1.54, 1.807) is 0 Å². The molecule has 0 saturated carbocycles. The van der Waals surface area contributed by atoms with Gasteiger partial charge in [0.1, 0.15) is 11.0 Å². The third-order valence-electron chi connectivity index (χ3n) is 4.88. The van der Waals surface area contributed by atoms with E-state index in [4.69, 9.17) is 21.3 Å². The van der Waals surface area contributed by atoms with Crippen LogP contribution in [0.15, 0.2) is 42.5 Å². The zero-order valence-corrected chi connectivity index (χ0v) is 14.8. The van der Waals surface area contributed by atoms with E-state index in [9.17, 15) is 4.39 Å². The lowest BCUT2D eigenvalue weighted by Gasteiger charge is -2.25. The third-order valence-corrected chi connectivity index (χ3v) is 5.17. The smallest absolute Gasteiger partial charge is 0.137 e. The van der Waals surface area contributed by atoms with Gasteiger partial charge in [0, 0.05) is 30.1 Å². The highest BCUT2D eigenvalue weighted by Crippen LogP contribution is 2.40. The second-order valence-corrected chi connectivity index (χ2v) is 6.96. The number of ether oxygens (including phenoxy) is 1. The van der Waals surface area contributed by atoms with Crippen LogP contribution < -0.4 is 0 Å². The Morgan fingerprint density at radius 1 is 1.04 bits per heavy atom. The number of halogens is 2. The lowest BCUT2D eigenvalue weighted by molar-refractivity contribution is 0.0846. The van der Waals surface area contributed by atoms with Crippen molar-refractivity contribution in [3.8, 4) is 11.1 Å². The summed E-state index contributed by atoms with van der Waals surface area (Å²) in [6, 6.07) is 12.9. The molecule has 1 fully saturated rings. The van der Waals surface area contributed by atoms with Gasteiger partial charge in [0.25, 0.3) is 0 Å². The molecule has 25 heavy (non-hydrogen) atoms. The van der Waals surface area contributed by atoms with Crippen molar-refractivity contribution in [3.05, 3.63) is 64.7 Å². The highest BCUT2D eigenvalue weighted by Gasteiger charge is 2.24. The number of pyridine rings is 1. The van der Waals surface area contributed by atoms with Crippen molar-refractivity contribution in [2.24, 2.45) is 0 Å². The number of rotatable bonds is 2. The molecule has 0 amide bonds. The largest absolute Gasteiger partial charge is 0.381 e. The van der Waals surface area contributed by atoms with Crippen LogP contribution in [0.1, 0.15) is 30.0 Å². The van der Waals surface area contributed by atoms with E-state index in [-0.39, 0.29) is 5.82 Å². The van der Waals surface area contributed by atoms with Gasteiger partial charge in [0.2, 0.25) is 0 Å². The molecular formula is C21H19ClFNO. The van der Waals surface area contributed by atoms with Crippen LogP contribution in [0.4, 0.5) is 4.39 Å². The highest BCUT2D eigenvalue weighted by molar-refractivity contribution is 6.34. The molecule has 2 aromatic carbocycles. The van der Waals surface area contributed by atoms with Gasteiger partial charge in [-0.2, -0.15) is 0 Å². The molecule has 0 radical (unpaired) electrons. The van der Waals surface area contributed by atoms with Crippen LogP contribution in [0.3, 0.4) is 0 Å². The normalized spacial score (nSPS) is 15.6. The fourth-order valence-electron chi connectivity index (χ4n) is 3.59. The predicted octanol–water partition coefficient (Wildman–Crippen LogP) is 5.90. The van der Waals surface area contributed by atoms with Crippen LogP contribution in [0.2, 0.25) is 5.15 Å². The minimum absolute atomic E-state index is 0.238. The van der Waals surface area contributed by atoms with E-state index in [0.29, 0.717) is 11.1 Å². The Morgan fingerprint density at radius 3 is 2.48 bits per heavy atom. The number of fused-ring (bicyclic) bond motifs is 1. The Hall–Kier alpha value is -1.97. The van der Waals surface area contributed by atoms with Gasteiger partial charge in [-0.3, -0.25) is 0 Å². The lowest BCUT2D eigenvalue weighted by Crippen LogP contribution is -2.16. The molecule has 2 heterocycles. The monoisotopic (exact) mass is 355 g/mol. The van der Waals surface area contributed by atoms with Crippen LogP contribution in [-0.2, 0) is 4.74 Å².